The third kappa shape index (κ3) is 8.36. The van der Waals surface area contributed by atoms with Crippen LogP contribution in [0.25, 0.3) is 0 Å². The molecule has 8 nitrogen and oxygen atoms in total. The van der Waals surface area contributed by atoms with E-state index >= 15 is 0 Å². The Morgan fingerprint density at radius 3 is 2.23 bits per heavy atom. The second-order valence-electron chi connectivity index (χ2n) is 9.57. The van der Waals surface area contributed by atoms with Gasteiger partial charge in [0.25, 0.3) is 0 Å². The Hall–Kier alpha value is -3.27. The van der Waals surface area contributed by atoms with Gasteiger partial charge < -0.3 is 15.0 Å². The number of nitrogens with one attached hydrogen (secondary N) is 1. The molecule has 2 amide bonds. The molecule has 3 aromatic rings. The summed E-state index contributed by atoms with van der Waals surface area (Å²) in [5.41, 5.74) is 1.59. The molecule has 1 atom stereocenters. The van der Waals surface area contributed by atoms with Crippen molar-refractivity contribution in [3.05, 3.63) is 94.0 Å². The molecule has 11 heteroatoms. The maximum absolute atomic E-state index is 14.1. The predicted octanol–water partition coefficient (Wildman–Crippen LogP) is 4.93. The van der Waals surface area contributed by atoms with Crippen molar-refractivity contribution in [2.24, 2.45) is 0 Å². The first-order valence-electron chi connectivity index (χ1n) is 12.6. The minimum atomic E-state index is -3.93. The van der Waals surface area contributed by atoms with Gasteiger partial charge in [-0.2, -0.15) is 0 Å². The summed E-state index contributed by atoms with van der Waals surface area (Å²) in [6.07, 6.45) is 1.21. The van der Waals surface area contributed by atoms with Crippen molar-refractivity contribution in [2.75, 3.05) is 24.2 Å². The van der Waals surface area contributed by atoms with E-state index in [9.17, 15) is 18.0 Å². The maximum Gasteiger partial charge on any atom is 0.244 e. The van der Waals surface area contributed by atoms with Gasteiger partial charge in [0.1, 0.15) is 18.3 Å². The summed E-state index contributed by atoms with van der Waals surface area (Å²) in [7, 11) is -2.51. The number of anilines is 1. The van der Waals surface area contributed by atoms with Crippen molar-refractivity contribution in [3.8, 4) is 5.75 Å². The summed E-state index contributed by atoms with van der Waals surface area (Å²) in [4.78, 5) is 29.1. The molecule has 0 aromatic heterocycles. The van der Waals surface area contributed by atoms with Crippen molar-refractivity contribution >= 4 is 50.7 Å². The topological polar surface area (TPSA) is 96.0 Å². The van der Waals surface area contributed by atoms with Crippen LogP contribution in [0.2, 0.25) is 10.0 Å². The maximum atomic E-state index is 14.1. The van der Waals surface area contributed by atoms with Crippen molar-refractivity contribution in [3.63, 3.8) is 0 Å². The van der Waals surface area contributed by atoms with Crippen LogP contribution in [0.15, 0.2) is 72.8 Å². The molecular weight excluding hydrogens is 573 g/mol. The van der Waals surface area contributed by atoms with Gasteiger partial charge in [0.15, 0.2) is 0 Å². The number of benzene rings is 3. The second kappa shape index (κ2) is 13.9. The first-order valence-corrected chi connectivity index (χ1v) is 15.2. The molecule has 0 saturated heterocycles. The molecule has 0 aliphatic rings. The number of hydrogen-bond acceptors (Lipinski definition) is 5. The highest BCUT2D eigenvalue weighted by molar-refractivity contribution is 7.92. The van der Waals surface area contributed by atoms with E-state index in [1.54, 1.807) is 42.5 Å². The molecular formula is C29H33Cl2N3O5S. The molecule has 3 aromatic carbocycles. The Kier molecular flexibility index (Phi) is 10.8. The van der Waals surface area contributed by atoms with Crippen molar-refractivity contribution in [1.82, 2.24) is 10.2 Å². The number of nitrogens with zero attached hydrogens (tertiary/aromatic N) is 2. The van der Waals surface area contributed by atoms with E-state index in [0.717, 1.165) is 16.1 Å². The molecule has 0 radical (unpaired) electrons. The van der Waals surface area contributed by atoms with Crippen LogP contribution in [0, 0.1) is 0 Å². The zero-order valence-electron chi connectivity index (χ0n) is 22.8. The van der Waals surface area contributed by atoms with Gasteiger partial charge in [-0.3, -0.25) is 13.9 Å². The first kappa shape index (κ1) is 31.3. The molecule has 0 saturated carbocycles. The average molecular weight is 607 g/mol. The van der Waals surface area contributed by atoms with E-state index in [0.29, 0.717) is 15.6 Å². The van der Waals surface area contributed by atoms with Crippen LogP contribution in [-0.2, 0) is 32.6 Å². The van der Waals surface area contributed by atoms with Crippen LogP contribution in [0.3, 0.4) is 0 Å². The van der Waals surface area contributed by atoms with E-state index in [2.05, 4.69) is 5.32 Å². The standard InChI is InChI=1S/C29H33Cl2N3O5S/c1-20(2)32-29(36)26(16-21-10-6-5-7-11-21)33(18-22-14-15-23(30)17-24(22)31)28(35)19-34(40(4,37)38)25-12-8-9-13-27(25)39-3/h5-15,17,20,26H,16,18-19H2,1-4H3,(H,32,36)/t26-/m1/s1. The Balaban J connectivity index is 2.10. The summed E-state index contributed by atoms with van der Waals surface area (Å²) in [5, 5.41) is 3.64. The fourth-order valence-corrected chi connectivity index (χ4v) is 5.52. The van der Waals surface area contributed by atoms with Gasteiger partial charge in [0.2, 0.25) is 21.8 Å². The highest BCUT2D eigenvalue weighted by Crippen LogP contribution is 2.30. The summed E-state index contributed by atoms with van der Waals surface area (Å²) < 4.78 is 32.2. The lowest BCUT2D eigenvalue weighted by Gasteiger charge is -2.34. The molecule has 0 aliphatic carbocycles. The van der Waals surface area contributed by atoms with Crippen LogP contribution in [0.1, 0.15) is 25.0 Å². The largest absolute Gasteiger partial charge is 0.495 e. The second-order valence-corrected chi connectivity index (χ2v) is 12.3. The Labute approximate surface area is 245 Å². The van der Waals surface area contributed by atoms with Crippen molar-refractivity contribution < 1.29 is 22.7 Å². The number of halogens is 2. The molecule has 3 rings (SSSR count). The molecule has 0 unspecified atom stereocenters. The van der Waals surface area contributed by atoms with Gasteiger partial charge in [-0.15, -0.1) is 0 Å². The fourth-order valence-electron chi connectivity index (χ4n) is 4.20. The van der Waals surface area contributed by atoms with Crippen molar-refractivity contribution in [1.29, 1.82) is 0 Å². The van der Waals surface area contributed by atoms with Gasteiger partial charge in [0.05, 0.1) is 19.1 Å². The lowest BCUT2D eigenvalue weighted by Crippen LogP contribution is -2.54. The van der Waals surface area contributed by atoms with Crippen molar-refractivity contribution in [2.45, 2.75) is 38.9 Å². The molecule has 1 N–H and O–H groups in total. The quantitative estimate of drug-likeness (QED) is 0.316. The van der Waals surface area contributed by atoms with Crippen LogP contribution in [0.4, 0.5) is 5.69 Å². The van der Waals surface area contributed by atoms with E-state index < -0.39 is 28.5 Å². The Bertz CT molecular complexity index is 1430. The molecule has 214 valence electrons. The number of ether oxygens (including phenoxy) is 1. The number of sulfonamides is 1. The third-order valence-corrected chi connectivity index (χ3v) is 7.80. The first-order chi connectivity index (χ1) is 18.9. The van der Waals surface area contributed by atoms with Crippen LogP contribution < -0.4 is 14.4 Å². The Morgan fingerprint density at radius 1 is 0.975 bits per heavy atom. The zero-order chi connectivity index (χ0) is 29.4. The molecule has 40 heavy (non-hydrogen) atoms. The number of methoxy groups -OCH3 is 1. The number of para-hydroxylation sites is 2. The third-order valence-electron chi connectivity index (χ3n) is 6.09. The zero-order valence-corrected chi connectivity index (χ0v) is 25.1. The van der Waals surface area contributed by atoms with Gasteiger partial charge >= 0.3 is 0 Å². The minimum Gasteiger partial charge on any atom is -0.495 e. The van der Waals surface area contributed by atoms with Crippen LogP contribution >= 0.6 is 23.2 Å². The number of carbonyl (C=O) groups is 2. The fraction of sp³-hybridized carbons (Fsp3) is 0.310. The summed E-state index contributed by atoms with van der Waals surface area (Å²) in [6.45, 7) is 3.03. The minimum absolute atomic E-state index is 0.0542. The van der Waals surface area contributed by atoms with Gasteiger partial charge in [0, 0.05) is 29.1 Å². The number of amides is 2. The molecule has 0 spiro atoms. The summed E-state index contributed by atoms with van der Waals surface area (Å²) >= 11 is 12.6. The molecule has 0 fully saturated rings. The normalized spacial score (nSPS) is 12.1. The summed E-state index contributed by atoms with van der Waals surface area (Å²) in [6, 6.07) is 19.5. The van der Waals surface area contributed by atoms with Crippen LogP contribution in [0.5, 0.6) is 5.75 Å². The van der Waals surface area contributed by atoms with E-state index in [1.807, 2.05) is 44.2 Å². The SMILES string of the molecule is COc1ccccc1N(CC(=O)N(Cc1ccc(Cl)cc1Cl)[C@H](Cc1ccccc1)C(=O)NC(C)C)S(C)(=O)=O. The molecule has 0 bridgehead atoms. The number of carbonyl (C=O) groups excluding carboxylic acids is 2. The lowest BCUT2D eigenvalue weighted by molar-refractivity contribution is -0.140. The smallest absolute Gasteiger partial charge is 0.244 e. The number of rotatable bonds is 12. The van der Waals surface area contributed by atoms with Crippen LogP contribution in [-0.4, -0.2) is 57.1 Å². The van der Waals surface area contributed by atoms with Gasteiger partial charge in [-0.1, -0.05) is 71.7 Å². The summed E-state index contributed by atoms with van der Waals surface area (Å²) in [5.74, 6) is -0.686. The molecule has 0 aliphatic heterocycles. The van der Waals surface area contributed by atoms with E-state index in [1.165, 1.54) is 12.0 Å². The Morgan fingerprint density at radius 2 is 1.62 bits per heavy atom. The lowest BCUT2D eigenvalue weighted by atomic mass is 10.0. The van der Waals surface area contributed by atoms with Gasteiger partial charge in [-0.25, -0.2) is 8.42 Å². The number of hydrogen-bond donors (Lipinski definition) is 1. The highest BCUT2D eigenvalue weighted by Gasteiger charge is 2.34. The van der Waals surface area contributed by atoms with E-state index in [-0.39, 0.29) is 36.4 Å². The highest BCUT2D eigenvalue weighted by atomic mass is 35.5. The van der Waals surface area contributed by atoms with E-state index in [4.69, 9.17) is 27.9 Å². The monoisotopic (exact) mass is 605 g/mol. The molecule has 0 heterocycles. The van der Waals surface area contributed by atoms with Gasteiger partial charge in [-0.05, 0) is 49.2 Å². The average Bonchev–Trinajstić information content (AvgIpc) is 2.89. The predicted molar refractivity (Wildman–Crippen MR) is 159 cm³/mol.